The van der Waals surface area contributed by atoms with Crippen molar-refractivity contribution in [3.8, 4) is 0 Å². The van der Waals surface area contributed by atoms with E-state index in [1.54, 1.807) is 9.80 Å². The zero-order valence-corrected chi connectivity index (χ0v) is 24.0. The third kappa shape index (κ3) is 5.07. The molecule has 2 heterocycles. The van der Waals surface area contributed by atoms with Gasteiger partial charge in [0.15, 0.2) is 0 Å². The topological polar surface area (TPSA) is 84.5 Å². The van der Waals surface area contributed by atoms with E-state index >= 15 is 0 Å². The third-order valence-corrected chi connectivity index (χ3v) is 11.1. The Morgan fingerprint density at radius 2 is 1.63 bits per heavy atom. The van der Waals surface area contributed by atoms with Gasteiger partial charge in [-0.25, -0.2) is 13.2 Å². The number of carbonyl (C=O) groups excluding carboxylic acids is 2. The Labute approximate surface area is 227 Å². The summed E-state index contributed by atoms with van der Waals surface area (Å²) in [6, 6.07) is 10.7. The molecule has 1 aromatic rings. The average molecular weight is 546 g/mol. The van der Waals surface area contributed by atoms with Gasteiger partial charge in [0.2, 0.25) is 15.9 Å². The highest BCUT2D eigenvalue weighted by Crippen LogP contribution is 2.49. The highest BCUT2D eigenvalue weighted by Gasteiger charge is 2.55. The summed E-state index contributed by atoms with van der Waals surface area (Å²) in [6.45, 7) is 2.80. The predicted octanol–water partition coefficient (Wildman–Crippen LogP) is 2.40. The van der Waals surface area contributed by atoms with Gasteiger partial charge in [-0.2, -0.15) is 4.31 Å². The Morgan fingerprint density at radius 1 is 1.00 bits per heavy atom. The Hall–Kier alpha value is -2.17. The molecule has 3 amide bonds. The molecule has 2 aliphatic carbocycles. The molecule has 9 nitrogen and oxygen atoms in total. The van der Waals surface area contributed by atoms with Crippen LogP contribution in [0.15, 0.2) is 30.3 Å². The van der Waals surface area contributed by atoms with Crippen molar-refractivity contribution in [2.45, 2.75) is 56.0 Å². The molecular weight excluding hydrogens is 502 g/mol. The molecule has 2 saturated carbocycles. The zero-order valence-electron chi connectivity index (χ0n) is 23.1. The summed E-state index contributed by atoms with van der Waals surface area (Å²) in [5, 5.41) is 0. The number of hydrogen-bond donors (Lipinski definition) is 0. The van der Waals surface area contributed by atoms with Gasteiger partial charge in [-0.1, -0.05) is 36.8 Å². The van der Waals surface area contributed by atoms with Crippen LogP contribution in [0.4, 0.5) is 4.79 Å². The molecule has 0 radical (unpaired) electrons. The largest absolute Gasteiger partial charge is 0.339 e. The SMILES string of the molecule is CN(C)[C@]1(c2ccccc2)CC[C@]2(CC1)CN(CC(=O)N1CCN(S(C)(=O)=O)CC1)C(=O)N2CC1CCC1. The van der Waals surface area contributed by atoms with Crippen molar-refractivity contribution in [2.24, 2.45) is 5.92 Å². The van der Waals surface area contributed by atoms with Crippen LogP contribution in [-0.4, -0.2) is 116 Å². The molecule has 0 atom stereocenters. The van der Waals surface area contributed by atoms with Gasteiger partial charge < -0.3 is 14.7 Å². The molecule has 1 aromatic carbocycles. The van der Waals surface area contributed by atoms with Crippen LogP contribution in [0, 0.1) is 5.92 Å². The Balaban J connectivity index is 1.30. The van der Waals surface area contributed by atoms with Gasteiger partial charge in [-0.05, 0) is 64.1 Å². The number of nitrogens with zero attached hydrogens (tertiary/aromatic N) is 5. The fourth-order valence-corrected chi connectivity index (χ4v) is 7.87. The second-order valence-corrected chi connectivity index (χ2v) is 14.1. The first-order valence-corrected chi connectivity index (χ1v) is 15.9. The maximum absolute atomic E-state index is 13.8. The van der Waals surface area contributed by atoms with Crippen molar-refractivity contribution in [1.82, 2.24) is 23.9 Å². The quantitative estimate of drug-likeness (QED) is 0.526. The first kappa shape index (κ1) is 27.4. The summed E-state index contributed by atoms with van der Waals surface area (Å²) in [4.78, 5) is 35.0. The molecule has 0 N–H and O–H groups in total. The summed E-state index contributed by atoms with van der Waals surface area (Å²) in [7, 11) is 1.06. The Kier molecular flexibility index (Phi) is 7.52. The summed E-state index contributed by atoms with van der Waals surface area (Å²) < 4.78 is 25.1. The molecule has 1 spiro atoms. The molecule has 5 rings (SSSR count). The molecule has 2 aliphatic heterocycles. The van der Waals surface area contributed by atoms with Crippen LogP contribution in [0.5, 0.6) is 0 Å². The van der Waals surface area contributed by atoms with Gasteiger partial charge in [0, 0.05) is 44.8 Å². The van der Waals surface area contributed by atoms with Crippen molar-refractivity contribution >= 4 is 22.0 Å². The van der Waals surface area contributed by atoms with Crippen LogP contribution in [-0.2, 0) is 20.4 Å². The van der Waals surface area contributed by atoms with Gasteiger partial charge in [-0.3, -0.25) is 9.69 Å². The van der Waals surface area contributed by atoms with Gasteiger partial charge in [0.05, 0.1) is 11.8 Å². The minimum Gasteiger partial charge on any atom is -0.339 e. The number of urea groups is 1. The van der Waals surface area contributed by atoms with E-state index in [2.05, 4.69) is 54.2 Å². The lowest BCUT2D eigenvalue weighted by molar-refractivity contribution is -0.132. The second-order valence-electron chi connectivity index (χ2n) is 12.1. The maximum Gasteiger partial charge on any atom is 0.321 e. The van der Waals surface area contributed by atoms with E-state index < -0.39 is 10.0 Å². The van der Waals surface area contributed by atoms with E-state index in [0.29, 0.717) is 38.6 Å². The first-order chi connectivity index (χ1) is 18.0. The van der Waals surface area contributed by atoms with Crippen molar-refractivity contribution < 1.29 is 18.0 Å². The van der Waals surface area contributed by atoms with E-state index in [9.17, 15) is 18.0 Å². The normalized spacial score (nSPS) is 29.4. The standard InChI is InChI=1S/C28H43N5O4S/c1-29(2)28(24-10-5-4-6-11-24)14-12-27(13-15-28)22-31(26(35)33(27)20-23-8-7-9-23)21-25(34)30-16-18-32(19-17-30)38(3,36)37/h4-6,10-11,23H,7-9,12-22H2,1-3H3/t27-,28+. The number of carbonyl (C=O) groups is 2. The minimum atomic E-state index is -3.26. The van der Waals surface area contributed by atoms with Crippen LogP contribution < -0.4 is 0 Å². The van der Waals surface area contributed by atoms with Crippen LogP contribution in [0.2, 0.25) is 0 Å². The third-order valence-electron chi connectivity index (χ3n) is 9.79. The summed E-state index contributed by atoms with van der Waals surface area (Å²) in [6.07, 6.45) is 8.55. The lowest BCUT2D eigenvalue weighted by Gasteiger charge is -2.51. The smallest absolute Gasteiger partial charge is 0.321 e. The predicted molar refractivity (Wildman–Crippen MR) is 147 cm³/mol. The number of rotatable bonds is 7. The van der Waals surface area contributed by atoms with Crippen molar-refractivity contribution in [2.75, 3.05) is 66.2 Å². The monoisotopic (exact) mass is 545 g/mol. The first-order valence-electron chi connectivity index (χ1n) is 14.1. The van der Waals surface area contributed by atoms with Crippen LogP contribution in [0.1, 0.15) is 50.5 Å². The van der Waals surface area contributed by atoms with Gasteiger partial charge in [0.1, 0.15) is 6.54 Å². The average Bonchev–Trinajstić information content (AvgIpc) is 3.11. The minimum absolute atomic E-state index is 0.00270. The van der Waals surface area contributed by atoms with Crippen molar-refractivity contribution in [3.05, 3.63) is 35.9 Å². The Bertz CT molecular complexity index is 1120. The second kappa shape index (κ2) is 10.4. The molecular formula is C28H43N5O4S. The van der Waals surface area contributed by atoms with Crippen molar-refractivity contribution in [1.29, 1.82) is 0 Å². The van der Waals surface area contributed by atoms with Gasteiger partial charge in [0.25, 0.3) is 0 Å². The van der Waals surface area contributed by atoms with E-state index in [-0.39, 0.29) is 29.6 Å². The van der Waals surface area contributed by atoms with E-state index in [1.807, 2.05) is 0 Å². The summed E-state index contributed by atoms with van der Waals surface area (Å²) in [5.41, 5.74) is 1.03. The highest BCUT2D eigenvalue weighted by molar-refractivity contribution is 7.88. The molecule has 4 aliphatic rings. The van der Waals surface area contributed by atoms with Crippen molar-refractivity contribution in [3.63, 3.8) is 0 Å². The zero-order chi connectivity index (χ0) is 27.1. The Morgan fingerprint density at radius 3 is 2.16 bits per heavy atom. The molecule has 0 unspecified atom stereocenters. The molecule has 38 heavy (non-hydrogen) atoms. The fraction of sp³-hybridized carbons (Fsp3) is 0.714. The van der Waals surface area contributed by atoms with Gasteiger partial charge >= 0.3 is 6.03 Å². The molecule has 0 bridgehead atoms. The number of piperazine rings is 1. The molecule has 0 aromatic heterocycles. The molecule has 4 fully saturated rings. The summed E-state index contributed by atoms with van der Waals surface area (Å²) >= 11 is 0. The fourth-order valence-electron chi connectivity index (χ4n) is 7.04. The maximum atomic E-state index is 13.8. The lowest BCUT2D eigenvalue weighted by Crippen LogP contribution is -2.56. The number of sulfonamides is 1. The molecule has 2 saturated heterocycles. The number of amides is 3. The molecule has 210 valence electrons. The van der Waals surface area contributed by atoms with Crippen LogP contribution in [0.3, 0.4) is 0 Å². The van der Waals surface area contributed by atoms with Crippen LogP contribution >= 0.6 is 0 Å². The molecule has 10 heteroatoms. The van der Waals surface area contributed by atoms with E-state index in [0.717, 1.165) is 32.2 Å². The van der Waals surface area contributed by atoms with E-state index in [4.69, 9.17) is 0 Å². The number of benzene rings is 1. The van der Waals surface area contributed by atoms with E-state index in [1.165, 1.54) is 35.4 Å². The highest BCUT2D eigenvalue weighted by atomic mass is 32.2. The number of hydrogen-bond acceptors (Lipinski definition) is 5. The van der Waals surface area contributed by atoms with Gasteiger partial charge in [-0.15, -0.1) is 0 Å². The lowest BCUT2D eigenvalue weighted by atomic mass is 9.68. The van der Waals surface area contributed by atoms with Crippen LogP contribution in [0.25, 0.3) is 0 Å². The summed E-state index contributed by atoms with van der Waals surface area (Å²) in [5.74, 6) is 0.472.